The molecule has 0 unspecified atom stereocenters. The predicted octanol–water partition coefficient (Wildman–Crippen LogP) is -0.386. The largest absolute Gasteiger partial charge is 0.260 e. The average Bonchev–Trinajstić information content (AvgIpc) is 0.811. The summed E-state index contributed by atoms with van der Waals surface area (Å²) in [4.78, 5) is 0. The lowest BCUT2D eigenvalue weighted by molar-refractivity contribution is 0.690. The van der Waals surface area contributed by atoms with Gasteiger partial charge in [0.15, 0.2) is 0 Å². The molecular formula is C2H6MgOS. The first-order valence-electron chi connectivity index (χ1n) is 0.983. The molecule has 28 valence electrons. The number of rotatable bonds is 0. The van der Waals surface area contributed by atoms with Crippen LogP contribution in [0, 0.1) is 0 Å². The third-order valence-electron chi connectivity index (χ3n) is 0. The van der Waals surface area contributed by atoms with Crippen molar-refractivity contribution in [3.63, 3.8) is 0 Å². The third kappa shape index (κ3) is 49.8. The van der Waals surface area contributed by atoms with Gasteiger partial charge in [0, 0.05) is 46.4 Å². The summed E-state index contributed by atoms with van der Waals surface area (Å²) in [5.41, 5.74) is 0. The van der Waals surface area contributed by atoms with E-state index in [0.717, 1.165) is 0 Å². The van der Waals surface area contributed by atoms with Crippen LogP contribution in [0.3, 0.4) is 0 Å². The fourth-order valence-electron chi connectivity index (χ4n) is 0. The molecule has 0 heterocycles. The van der Waals surface area contributed by atoms with E-state index in [-0.39, 0.29) is 23.1 Å². The van der Waals surface area contributed by atoms with E-state index in [1.165, 1.54) is 0 Å². The molecular weight excluding hydrogens is 96.4 g/mol. The van der Waals surface area contributed by atoms with E-state index in [1.54, 1.807) is 12.5 Å². The maximum atomic E-state index is 9.56. The van der Waals surface area contributed by atoms with E-state index in [2.05, 4.69) is 0 Å². The molecule has 0 amide bonds. The Kier molecular flexibility index (Phi) is 9.17. The van der Waals surface area contributed by atoms with Crippen molar-refractivity contribution in [3.8, 4) is 0 Å². The normalized spacial score (nSPS) is 7.00. The first-order chi connectivity index (χ1) is 1.73. The van der Waals surface area contributed by atoms with Crippen molar-refractivity contribution >= 4 is 33.9 Å². The molecule has 0 bridgehead atoms. The average molecular weight is 102 g/mol. The zero-order valence-electron chi connectivity index (χ0n) is 3.52. The molecule has 3 heteroatoms. The molecule has 0 aromatic carbocycles. The predicted molar refractivity (Wildman–Crippen MR) is 25.7 cm³/mol. The van der Waals surface area contributed by atoms with Crippen LogP contribution in [-0.4, -0.2) is 39.8 Å². The van der Waals surface area contributed by atoms with Crippen molar-refractivity contribution < 1.29 is 4.21 Å². The summed E-state index contributed by atoms with van der Waals surface area (Å²) >= 11 is 0. The second-order valence-corrected chi connectivity index (χ2v) is 2.22. The van der Waals surface area contributed by atoms with E-state index >= 15 is 0 Å². The second-order valence-electron chi connectivity index (χ2n) is 0.742. The van der Waals surface area contributed by atoms with Crippen molar-refractivity contribution in [2.75, 3.05) is 12.5 Å². The summed E-state index contributed by atoms with van der Waals surface area (Å²) in [7, 11) is -0.611. The highest BCUT2D eigenvalue weighted by molar-refractivity contribution is 7.83. The molecule has 0 aromatic rings. The lowest BCUT2D eigenvalue weighted by Crippen LogP contribution is -1.70. The van der Waals surface area contributed by atoms with Crippen molar-refractivity contribution in [1.82, 2.24) is 0 Å². The molecule has 0 aromatic heterocycles. The quantitative estimate of drug-likeness (QED) is 0.381. The molecule has 0 aliphatic heterocycles. The van der Waals surface area contributed by atoms with Gasteiger partial charge in [0.1, 0.15) is 0 Å². The molecule has 1 nitrogen and oxygen atoms in total. The van der Waals surface area contributed by atoms with E-state index < -0.39 is 10.8 Å². The molecule has 0 spiro atoms. The molecule has 0 rings (SSSR count). The van der Waals surface area contributed by atoms with Crippen LogP contribution >= 0.6 is 0 Å². The molecule has 2 radical (unpaired) electrons. The van der Waals surface area contributed by atoms with Crippen LogP contribution in [0.15, 0.2) is 0 Å². The first kappa shape index (κ1) is 9.32. The Morgan fingerprint density at radius 2 is 1.40 bits per heavy atom. The molecule has 0 saturated carbocycles. The molecule has 0 atom stereocenters. The summed E-state index contributed by atoms with van der Waals surface area (Å²) in [5, 5.41) is 0. The van der Waals surface area contributed by atoms with E-state index in [1.807, 2.05) is 0 Å². The standard InChI is InChI=1S/C2H6OS.Mg/c1-4(2)3;/h1-2H3;. The van der Waals surface area contributed by atoms with Gasteiger partial charge < -0.3 is 0 Å². The summed E-state index contributed by atoms with van der Waals surface area (Å²) in [6.07, 6.45) is 3.28. The summed E-state index contributed by atoms with van der Waals surface area (Å²) < 4.78 is 9.56. The van der Waals surface area contributed by atoms with Crippen LogP contribution in [0.25, 0.3) is 0 Å². The molecule has 0 saturated heterocycles. The van der Waals surface area contributed by atoms with Gasteiger partial charge in [0.2, 0.25) is 0 Å². The third-order valence-corrected chi connectivity index (χ3v) is 0. The van der Waals surface area contributed by atoms with Crippen molar-refractivity contribution in [3.05, 3.63) is 0 Å². The molecule has 0 aliphatic carbocycles. The molecule has 5 heavy (non-hydrogen) atoms. The summed E-state index contributed by atoms with van der Waals surface area (Å²) in [6.45, 7) is 0. The van der Waals surface area contributed by atoms with Crippen LogP contribution < -0.4 is 0 Å². The first-order valence-corrected chi connectivity index (χ1v) is 2.95. The van der Waals surface area contributed by atoms with E-state index in [0.29, 0.717) is 0 Å². The topological polar surface area (TPSA) is 17.1 Å². The highest BCUT2D eigenvalue weighted by Crippen LogP contribution is 1.47. The zero-order chi connectivity index (χ0) is 3.58. The minimum Gasteiger partial charge on any atom is -0.260 e. The monoisotopic (exact) mass is 102 g/mol. The lowest BCUT2D eigenvalue weighted by Gasteiger charge is -1.60. The molecule has 0 aliphatic rings. The van der Waals surface area contributed by atoms with Crippen LogP contribution in [0.2, 0.25) is 0 Å². The minimum atomic E-state index is -0.611. The maximum absolute atomic E-state index is 9.56. The Balaban J connectivity index is 0. The van der Waals surface area contributed by atoms with Gasteiger partial charge in [0.25, 0.3) is 0 Å². The van der Waals surface area contributed by atoms with Gasteiger partial charge in [-0.1, -0.05) is 0 Å². The lowest BCUT2D eigenvalue weighted by atomic mass is 11.9. The molecule has 0 fully saturated rings. The van der Waals surface area contributed by atoms with Crippen molar-refractivity contribution in [2.24, 2.45) is 0 Å². The highest BCUT2D eigenvalue weighted by Gasteiger charge is 1.57. The Morgan fingerprint density at radius 3 is 1.40 bits per heavy atom. The highest BCUT2D eigenvalue weighted by atomic mass is 32.2. The van der Waals surface area contributed by atoms with Crippen LogP contribution in [0.4, 0.5) is 0 Å². The van der Waals surface area contributed by atoms with E-state index in [9.17, 15) is 4.21 Å². The van der Waals surface area contributed by atoms with Gasteiger partial charge in [-0.3, -0.25) is 4.21 Å². The van der Waals surface area contributed by atoms with Crippen LogP contribution in [-0.2, 0) is 10.8 Å². The zero-order valence-corrected chi connectivity index (χ0v) is 5.75. The van der Waals surface area contributed by atoms with E-state index in [4.69, 9.17) is 0 Å². The van der Waals surface area contributed by atoms with Gasteiger partial charge in [-0.15, -0.1) is 0 Å². The van der Waals surface area contributed by atoms with Crippen LogP contribution in [0.5, 0.6) is 0 Å². The summed E-state index contributed by atoms with van der Waals surface area (Å²) in [6, 6.07) is 0. The Bertz CT molecular complexity index is 32.6. The minimum absolute atomic E-state index is 0. The van der Waals surface area contributed by atoms with Gasteiger partial charge in [-0.2, -0.15) is 0 Å². The second kappa shape index (κ2) is 4.92. The fraction of sp³-hybridized carbons (Fsp3) is 1.00. The smallest absolute Gasteiger partial charge is 0.0148 e. The SMILES string of the molecule is CS(C)=O.[Mg]. The Hall–Kier alpha value is 0.916. The molecule has 0 N–H and O–H groups in total. The summed E-state index contributed by atoms with van der Waals surface area (Å²) in [5.74, 6) is 0. The number of hydrogen-bond acceptors (Lipinski definition) is 1. The van der Waals surface area contributed by atoms with Crippen molar-refractivity contribution in [1.29, 1.82) is 0 Å². The van der Waals surface area contributed by atoms with Crippen LogP contribution in [0.1, 0.15) is 0 Å². The van der Waals surface area contributed by atoms with Crippen molar-refractivity contribution in [2.45, 2.75) is 0 Å². The fourth-order valence-corrected chi connectivity index (χ4v) is 0. The Labute approximate surface area is 50.7 Å². The van der Waals surface area contributed by atoms with Gasteiger partial charge in [0.05, 0.1) is 0 Å². The van der Waals surface area contributed by atoms with Gasteiger partial charge >= 0.3 is 0 Å². The van der Waals surface area contributed by atoms with Gasteiger partial charge in [-0.25, -0.2) is 0 Å². The number of hydrogen-bond donors (Lipinski definition) is 0. The maximum Gasteiger partial charge on any atom is 0.0148 e. The van der Waals surface area contributed by atoms with Gasteiger partial charge in [-0.05, 0) is 0 Å². The Morgan fingerprint density at radius 1 is 1.40 bits per heavy atom.